The number of hydrogen-bond donors (Lipinski definition) is 1. The number of nitrogens with zero attached hydrogens (tertiary/aromatic N) is 3. The number of rotatable bonds is 6. The van der Waals surface area contributed by atoms with Crippen LogP contribution in [0.15, 0.2) is 58.0 Å². The maximum atomic E-state index is 11.8. The molecule has 0 atom stereocenters. The predicted molar refractivity (Wildman–Crippen MR) is 99.2 cm³/mol. The Balaban J connectivity index is 1.49. The quantitative estimate of drug-likeness (QED) is 0.309. The molecule has 3 aromatic rings. The third kappa shape index (κ3) is 4.61. The molecule has 0 bridgehead atoms. The van der Waals surface area contributed by atoms with E-state index in [0.717, 1.165) is 14.6 Å². The lowest BCUT2D eigenvalue weighted by molar-refractivity contribution is -0.384. The second kappa shape index (κ2) is 7.86. The Hall–Kier alpha value is -2.78. The summed E-state index contributed by atoms with van der Waals surface area (Å²) in [5.41, 5.74) is 4.01. The van der Waals surface area contributed by atoms with E-state index in [0.29, 0.717) is 5.56 Å². The molecule has 0 unspecified atom stereocenters. The predicted octanol–water partition coefficient (Wildman–Crippen LogP) is 3.45. The first-order valence-corrected chi connectivity index (χ1v) is 8.97. The second-order valence-corrected chi connectivity index (χ2v) is 7.13. The molecular formula is C16H12N4O3S2. The minimum atomic E-state index is -0.470. The van der Waals surface area contributed by atoms with E-state index in [1.807, 2.05) is 24.3 Å². The van der Waals surface area contributed by atoms with Gasteiger partial charge in [-0.25, -0.2) is 10.4 Å². The van der Waals surface area contributed by atoms with Gasteiger partial charge in [0, 0.05) is 12.1 Å². The van der Waals surface area contributed by atoms with Crippen molar-refractivity contribution in [3.8, 4) is 0 Å². The Labute approximate surface area is 150 Å². The lowest BCUT2D eigenvalue weighted by Gasteiger charge is -1.97. The molecule has 9 heteroatoms. The van der Waals surface area contributed by atoms with Gasteiger partial charge in [-0.05, 0) is 29.8 Å². The zero-order chi connectivity index (χ0) is 17.6. The number of aromatic nitrogens is 1. The minimum Gasteiger partial charge on any atom is -0.272 e. The molecule has 25 heavy (non-hydrogen) atoms. The summed E-state index contributed by atoms with van der Waals surface area (Å²) in [5.74, 6) is -0.0420. The molecule has 1 aromatic heterocycles. The zero-order valence-corrected chi connectivity index (χ0v) is 14.4. The molecule has 0 aliphatic heterocycles. The molecule has 1 heterocycles. The summed E-state index contributed by atoms with van der Waals surface area (Å²) in [4.78, 5) is 26.3. The molecule has 126 valence electrons. The van der Waals surface area contributed by atoms with Gasteiger partial charge in [0.2, 0.25) is 0 Å². The number of benzene rings is 2. The highest BCUT2D eigenvalue weighted by Gasteiger charge is 2.07. The molecule has 1 amide bonds. The maximum absolute atomic E-state index is 11.8. The first-order chi connectivity index (χ1) is 12.1. The van der Waals surface area contributed by atoms with Crippen LogP contribution in [0.4, 0.5) is 5.69 Å². The topological polar surface area (TPSA) is 97.5 Å². The van der Waals surface area contributed by atoms with Gasteiger partial charge in [0.15, 0.2) is 4.34 Å². The van der Waals surface area contributed by atoms with Crippen LogP contribution in [0.5, 0.6) is 0 Å². The molecular weight excluding hydrogens is 360 g/mol. The summed E-state index contributed by atoms with van der Waals surface area (Å²) in [6.07, 6.45) is 1.43. The van der Waals surface area contributed by atoms with Gasteiger partial charge >= 0.3 is 0 Å². The SMILES string of the molecule is O=C(CSc1nc2ccccc2s1)N/N=C\c1ccc([N+](=O)[O-])cc1. The number of amides is 1. The number of nitrogens with one attached hydrogen (secondary N) is 1. The lowest BCUT2D eigenvalue weighted by atomic mass is 10.2. The summed E-state index contributed by atoms with van der Waals surface area (Å²) < 4.78 is 1.91. The number of nitro groups is 1. The van der Waals surface area contributed by atoms with E-state index >= 15 is 0 Å². The van der Waals surface area contributed by atoms with Crippen LogP contribution in [-0.4, -0.2) is 27.8 Å². The third-order valence-corrected chi connectivity index (χ3v) is 5.29. The molecule has 2 aromatic carbocycles. The standard InChI is InChI=1S/C16H12N4O3S2/c21-15(10-24-16-18-13-3-1-2-4-14(13)25-16)19-17-9-11-5-7-12(8-6-11)20(22)23/h1-9H,10H2,(H,19,21)/b17-9-. The van der Waals surface area contributed by atoms with Gasteiger partial charge in [-0.1, -0.05) is 23.9 Å². The van der Waals surface area contributed by atoms with Crippen molar-refractivity contribution in [1.29, 1.82) is 0 Å². The van der Waals surface area contributed by atoms with E-state index in [1.54, 1.807) is 23.5 Å². The van der Waals surface area contributed by atoms with Crippen LogP contribution in [0.3, 0.4) is 0 Å². The third-order valence-electron chi connectivity index (χ3n) is 3.11. The van der Waals surface area contributed by atoms with Crippen LogP contribution < -0.4 is 5.43 Å². The Morgan fingerprint density at radius 3 is 2.76 bits per heavy atom. The fourth-order valence-corrected chi connectivity index (χ4v) is 3.79. The van der Waals surface area contributed by atoms with Crippen molar-refractivity contribution in [2.45, 2.75) is 4.34 Å². The van der Waals surface area contributed by atoms with Crippen molar-refractivity contribution in [2.24, 2.45) is 5.10 Å². The molecule has 0 saturated heterocycles. The van der Waals surface area contributed by atoms with E-state index < -0.39 is 4.92 Å². The Bertz CT molecular complexity index is 905. The Morgan fingerprint density at radius 2 is 2.04 bits per heavy atom. The summed E-state index contributed by atoms with van der Waals surface area (Å²) in [6, 6.07) is 13.7. The minimum absolute atomic E-state index is 0.00780. The lowest BCUT2D eigenvalue weighted by Crippen LogP contribution is -2.19. The van der Waals surface area contributed by atoms with Crippen LogP contribution in [0, 0.1) is 10.1 Å². The van der Waals surface area contributed by atoms with E-state index in [-0.39, 0.29) is 17.3 Å². The molecule has 0 radical (unpaired) electrons. The fraction of sp³-hybridized carbons (Fsp3) is 0.0625. The first-order valence-electron chi connectivity index (χ1n) is 7.16. The van der Waals surface area contributed by atoms with Crippen LogP contribution in [0.2, 0.25) is 0 Å². The van der Waals surface area contributed by atoms with Crippen LogP contribution in [0.25, 0.3) is 10.2 Å². The molecule has 1 N–H and O–H groups in total. The number of non-ortho nitro benzene ring substituents is 1. The fourth-order valence-electron chi connectivity index (χ4n) is 1.93. The number of nitro benzene ring substituents is 1. The van der Waals surface area contributed by atoms with E-state index in [9.17, 15) is 14.9 Å². The van der Waals surface area contributed by atoms with E-state index in [2.05, 4.69) is 15.5 Å². The monoisotopic (exact) mass is 372 g/mol. The average molecular weight is 372 g/mol. The smallest absolute Gasteiger partial charge is 0.269 e. The zero-order valence-electron chi connectivity index (χ0n) is 12.8. The number of thioether (sulfide) groups is 1. The normalized spacial score (nSPS) is 11.0. The van der Waals surface area contributed by atoms with Crippen molar-refractivity contribution in [1.82, 2.24) is 10.4 Å². The highest BCUT2D eigenvalue weighted by Crippen LogP contribution is 2.28. The molecule has 0 aliphatic carbocycles. The number of fused-ring (bicyclic) bond motifs is 1. The van der Waals surface area contributed by atoms with Gasteiger partial charge < -0.3 is 0 Å². The van der Waals surface area contributed by atoms with Crippen molar-refractivity contribution in [3.63, 3.8) is 0 Å². The molecule has 0 aliphatic rings. The maximum Gasteiger partial charge on any atom is 0.269 e. The van der Waals surface area contributed by atoms with Crippen molar-refractivity contribution < 1.29 is 9.72 Å². The summed E-state index contributed by atoms with van der Waals surface area (Å²) in [6.45, 7) is 0. The van der Waals surface area contributed by atoms with Crippen molar-refractivity contribution >= 4 is 51.1 Å². The number of carbonyl (C=O) groups excluding carboxylic acids is 1. The van der Waals surface area contributed by atoms with Gasteiger partial charge in [0.05, 0.1) is 27.1 Å². The van der Waals surface area contributed by atoms with Crippen LogP contribution in [0.1, 0.15) is 5.56 Å². The molecule has 3 rings (SSSR count). The second-order valence-electron chi connectivity index (χ2n) is 4.88. The van der Waals surface area contributed by atoms with Gasteiger partial charge in [-0.3, -0.25) is 14.9 Å². The summed E-state index contributed by atoms with van der Waals surface area (Å²) >= 11 is 2.89. The molecule has 0 saturated carbocycles. The Kier molecular flexibility index (Phi) is 5.36. The molecule has 7 nitrogen and oxygen atoms in total. The average Bonchev–Trinajstić information content (AvgIpc) is 3.03. The van der Waals surface area contributed by atoms with E-state index in [1.165, 1.54) is 30.1 Å². The highest BCUT2D eigenvalue weighted by molar-refractivity contribution is 8.01. The largest absolute Gasteiger partial charge is 0.272 e. The van der Waals surface area contributed by atoms with E-state index in [4.69, 9.17) is 0 Å². The highest BCUT2D eigenvalue weighted by atomic mass is 32.2. The number of hydrazone groups is 1. The van der Waals surface area contributed by atoms with Crippen molar-refractivity contribution in [2.75, 3.05) is 5.75 Å². The van der Waals surface area contributed by atoms with Gasteiger partial charge in [0.25, 0.3) is 11.6 Å². The number of thiazole rings is 1. The van der Waals surface area contributed by atoms with Crippen molar-refractivity contribution in [3.05, 3.63) is 64.2 Å². The number of para-hydroxylation sites is 1. The number of carbonyl (C=O) groups is 1. The molecule has 0 spiro atoms. The Morgan fingerprint density at radius 1 is 1.28 bits per heavy atom. The summed E-state index contributed by atoms with van der Waals surface area (Å²) in [7, 11) is 0. The number of hydrogen-bond acceptors (Lipinski definition) is 7. The van der Waals surface area contributed by atoms with Crippen LogP contribution >= 0.6 is 23.1 Å². The molecule has 0 fully saturated rings. The van der Waals surface area contributed by atoms with Crippen LogP contribution in [-0.2, 0) is 4.79 Å². The first kappa shape index (κ1) is 17.1. The summed E-state index contributed by atoms with van der Waals surface area (Å²) in [5, 5.41) is 14.4. The van der Waals surface area contributed by atoms with Gasteiger partial charge in [0.1, 0.15) is 0 Å². The van der Waals surface area contributed by atoms with Gasteiger partial charge in [-0.15, -0.1) is 11.3 Å². The van der Waals surface area contributed by atoms with Gasteiger partial charge in [-0.2, -0.15) is 5.10 Å².